The maximum absolute atomic E-state index is 2.77. The molecule has 0 amide bonds. The lowest BCUT2D eigenvalue weighted by molar-refractivity contribution is 1.46. The molecular formula is C49H46P2+2. The molecule has 7 rings (SSSR count). The van der Waals surface area contributed by atoms with Gasteiger partial charge in [-0.25, -0.2) is 0 Å². The highest BCUT2D eigenvalue weighted by Crippen LogP contribution is 2.71. The smallest absolute Gasteiger partial charge is 0.0620 e. The first kappa shape index (κ1) is 34.6. The second kappa shape index (κ2) is 14.8. The van der Waals surface area contributed by atoms with Gasteiger partial charge in [-0.1, -0.05) is 137 Å². The van der Waals surface area contributed by atoms with Gasteiger partial charge in [-0.2, -0.15) is 0 Å². The van der Waals surface area contributed by atoms with Crippen LogP contribution in [0.4, 0.5) is 0 Å². The van der Waals surface area contributed by atoms with Gasteiger partial charge in [0.1, 0.15) is 52.2 Å². The Hall–Kier alpha value is -4.86. The molecule has 2 heteroatoms. The highest BCUT2D eigenvalue weighted by molar-refractivity contribution is 8.05. The van der Waals surface area contributed by atoms with Crippen molar-refractivity contribution in [2.75, 3.05) is 0 Å². The summed E-state index contributed by atoms with van der Waals surface area (Å²) in [6.07, 6.45) is 0. The molecule has 0 aromatic heterocycles. The van der Waals surface area contributed by atoms with Crippen molar-refractivity contribution in [2.24, 2.45) is 0 Å². The molecule has 0 saturated carbocycles. The minimum Gasteiger partial charge on any atom is -0.0620 e. The molecule has 51 heavy (non-hydrogen) atoms. The van der Waals surface area contributed by atoms with Crippen LogP contribution in [0.1, 0.15) is 33.4 Å². The largest absolute Gasteiger partial charge is 0.152 e. The van der Waals surface area contributed by atoms with Crippen LogP contribution < -0.4 is 31.8 Å². The third-order valence-corrected chi connectivity index (χ3v) is 18.6. The molecule has 0 unspecified atom stereocenters. The van der Waals surface area contributed by atoms with Crippen LogP contribution in [0.25, 0.3) is 5.31 Å². The Morgan fingerprint density at radius 1 is 0.314 bits per heavy atom. The molecule has 0 radical (unpaired) electrons. The third-order valence-electron chi connectivity index (χ3n) is 10.1. The first-order valence-corrected chi connectivity index (χ1v) is 21.4. The highest BCUT2D eigenvalue weighted by Gasteiger charge is 2.55. The monoisotopic (exact) mass is 696 g/mol. The van der Waals surface area contributed by atoms with Crippen LogP contribution in [0.2, 0.25) is 0 Å². The van der Waals surface area contributed by atoms with E-state index in [2.05, 4.69) is 222 Å². The molecule has 0 saturated heterocycles. The van der Waals surface area contributed by atoms with Gasteiger partial charge in [0.05, 0.1) is 0 Å². The number of aryl methyl sites for hydroxylation is 5. The highest BCUT2D eigenvalue weighted by atomic mass is 31.2. The Morgan fingerprint density at radius 2 is 0.588 bits per heavy atom. The van der Waals surface area contributed by atoms with E-state index in [1.165, 1.54) is 70.5 Å². The average molecular weight is 697 g/mol. The maximum atomic E-state index is 2.77. The topological polar surface area (TPSA) is 0 Å². The zero-order chi connectivity index (χ0) is 35.4. The number of benzene rings is 7. The van der Waals surface area contributed by atoms with Gasteiger partial charge in [0.2, 0.25) is 0 Å². The molecule has 0 bridgehead atoms. The summed E-state index contributed by atoms with van der Waals surface area (Å²) in [6, 6.07) is 69.4. The molecule has 0 spiro atoms. The van der Waals surface area contributed by atoms with Crippen LogP contribution in [0, 0.1) is 34.6 Å². The number of rotatable bonds is 9. The summed E-state index contributed by atoms with van der Waals surface area (Å²) >= 11 is 0. The molecule has 0 aliphatic heterocycles. The van der Waals surface area contributed by atoms with E-state index >= 15 is 0 Å². The van der Waals surface area contributed by atoms with E-state index in [-0.39, 0.29) is 0 Å². The van der Waals surface area contributed by atoms with Crippen LogP contribution in [-0.4, -0.2) is 0 Å². The Bertz CT molecular complexity index is 2140. The first-order chi connectivity index (χ1) is 24.8. The van der Waals surface area contributed by atoms with Gasteiger partial charge < -0.3 is 0 Å². The van der Waals surface area contributed by atoms with E-state index in [0.29, 0.717) is 0 Å². The Kier molecular flexibility index (Phi) is 10.0. The Labute approximate surface area is 306 Å². The lowest BCUT2D eigenvalue weighted by atomic mass is 10.1. The Morgan fingerprint density at radius 3 is 0.961 bits per heavy atom. The summed E-state index contributed by atoms with van der Waals surface area (Å²) in [5.41, 5.74) is 7.58. The fourth-order valence-corrected chi connectivity index (χ4v) is 16.2. The zero-order valence-electron chi connectivity index (χ0n) is 30.3. The van der Waals surface area contributed by atoms with Crippen molar-refractivity contribution in [1.29, 1.82) is 0 Å². The normalized spacial score (nSPS) is 12.1. The lowest BCUT2D eigenvalue weighted by Crippen LogP contribution is -2.34. The molecule has 7 aromatic carbocycles. The van der Waals surface area contributed by atoms with E-state index in [9.17, 15) is 0 Å². The Balaban J connectivity index is 1.74. The zero-order valence-corrected chi connectivity index (χ0v) is 32.1. The third kappa shape index (κ3) is 6.68. The predicted octanol–water partition coefficient (Wildman–Crippen LogP) is 10.5. The second-order valence-corrected chi connectivity index (χ2v) is 20.4. The quantitative estimate of drug-likeness (QED) is 0.132. The summed E-state index contributed by atoms with van der Waals surface area (Å²) < 4.78 is 0. The van der Waals surface area contributed by atoms with Gasteiger partial charge >= 0.3 is 0 Å². The van der Waals surface area contributed by atoms with Crippen molar-refractivity contribution in [3.63, 3.8) is 0 Å². The molecule has 7 aromatic rings. The van der Waals surface area contributed by atoms with Gasteiger partial charge in [-0.3, -0.25) is 0 Å². The van der Waals surface area contributed by atoms with E-state index in [1.807, 2.05) is 0 Å². The van der Waals surface area contributed by atoms with Gasteiger partial charge in [-0.15, -0.1) is 0 Å². The molecule has 0 aliphatic carbocycles. The van der Waals surface area contributed by atoms with E-state index in [4.69, 9.17) is 0 Å². The van der Waals surface area contributed by atoms with Gasteiger partial charge in [0.15, 0.2) is 5.31 Å². The molecule has 0 nitrogen and oxygen atoms in total. The summed E-state index contributed by atoms with van der Waals surface area (Å²) in [4.78, 5) is 0. The molecule has 0 aliphatic rings. The molecule has 250 valence electrons. The van der Waals surface area contributed by atoms with E-state index in [0.717, 1.165) is 0 Å². The molecule has 0 atom stereocenters. The van der Waals surface area contributed by atoms with Gasteiger partial charge in [0.25, 0.3) is 0 Å². The lowest BCUT2D eigenvalue weighted by Gasteiger charge is -2.32. The summed E-state index contributed by atoms with van der Waals surface area (Å²) in [7, 11) is -4.97. The molecule has 0 heterocycles. The first-order valence-electron chi connectivity index (χ1n) is 17.8. The van der Waals surface area contributed by atoms with Crippen LogP contribution in [0.15, 0.2) is 188 Å². The summed E-state index contributed by atoms with van der Waals surface area (Å²) in [5.74, 6) is 2.77. The average Bonchev–Trinajstić information content (AvgIpc) is 3.16. The SMILES string of the molecule is Cc1ccc(/C(=C\[P+](c2ccccc2)(c2ccc(C)cc2)c2ccc(C)cc2)[P+](c2ccccc2)(c2ccc(C)cc2)c2ccc(C)cc2)cc1. The second-order valence-electron chi connectivity index (χ2n) is 13.8. The summed E-state index contributed by atoms with van der Waals surface area (Å²) in [6.45, 7) is 10.9. The number of hydrogen-bond acceptors (Lipinski definition) is 0. The molecule has 0 fully saturated rings. The fourth-order valence-electron chi connectivity index (χ4n) is 7.21. The minimum atomic E-state index is -2.53. The molecule has 0 N–H and O–H groups in total. The van der Waals surface area contributed by atoms with E-state index in [1.54, 1.807) is 0 Å². The maximum Gasteiger partial charge on any atom is 0.152 e. The number of hydrogen-bond donors (Lipinski definition) is 0. The van der Waals surface area contributed by atoms with Crippen LogP contribution >= 0.6 is 14.5 Å². The van der Waals surface area contributed by atoms with Crippen molar-refractivity contribution >= 4 is 51.7 Å². The van der Waals surface area contributed by atoms with Crippen LogP contribution in [-0.2, 0) is 0 Å². The molecular weight excluding hydrogens is 650 g/mol. The van der Waals surface area contributed by atoms with Crippen molar-refractivity contribution < 1.29 is 0 Å². The van der Waals surface area contributed by atoms with Crippen molar-refractivity contribution in [3.8, 4) is 0 Å². The minimum absolute atomic E-state index is 1.26. The van der Waals surface area contributed by atoms with Crippen molar-refractivity contribution in [3.05, 3.63) is 221 Å². The van der Waals surface area contributed by atoms with Crippen LogP contribution in [0.5, 0.6) is 0 Å². The summed E-state index contributed by atoms with van der Waals surface area (Å²) in [5, 5.41) is 9.51. The van der Waals surface area contributed by atoms with Crippen molar-refractivity contribution in [2.45, 2.75) is 34.6 Å². The fraction of sp³-hybridized carbons (Fsp3) is 0.102. The predicted molar refractivity (Wildman–Crippen MR) is 228 cm³/mol. The standard InChI is InChI=1S/C49H46P2/c1-37-16-26-42(27-17-37)49(51(46-14-10-7-11-15-46,47-32-22-40(4)23-33-47)48-34-24-41(5)25-35-48)36-50(43-12-8-6-9-13-43,44-28-18-38(2)19-29-44)45-30-20-39(3)21-31-45/h6-36H,1-5H3/q+2/b49-36+. The van der Waals surface area contributed by atoms with Gasteiger partial charge in [-0.05, 0) is 107 Å². The van der Waals surface area contributed by atoms with Gasteiger partial charge in [0, 0.05) is 5.56 Å². The van der Waals surface area contributed by atoms with E-state index < -0.39 is 14.5 Å². The van der Waals surface area contributed by atoms with Crippen molar-refractivity contribution in [1.82, 2.24) is 0 Å². The van der Waals surface area contributed by atoms with Crippen LogP contribution in [0.3, 0.4) is 0 Å².